The molecule has 1 fully saturated rings. The Balaban J connectivity index is 1.51. The van der Waals surface area contributed by atoms with Crippen LogP contribution in [0.5, 0.6) is 0 Å². The highest BCUT2D eigenvalue weighted by Gasteiger charge is 2.50. The van der Waals surface area contributed by atoms with E-state index in [1.165, 1.54) is 25.6 Å². The fraction of sp³-hybridized carbons (Fsp3) is 0.300. The second kappa shape index (κ2) is 6.90. The van der Waals surface area contributed by atoms with Crippen molar-refractivity contribution >= 4 is 11.8 Å². The number of rotatable bonds is 5. The number of carbonyl (C=O) groups is 2. The van der Waals surface area contributed by atoms with Crippen LogP contribution >= 0.6 is 0 Å². The summed E-state index contributed by atoms with van der Waals surface area (Å²) in [5, 5.41) is 21.5. The maximum absolute atomic E-state index is 13.2. The summed E-state index contributed by atoms with van der Waals surface area (Å²) in [4.78, 5) is 34.0. The van der Waals surface area contributed by atoms with Crippen molar-refractivity contribution in [3.63, 3.8) is 0 Å². The number of amides is 2. The molecular weight excluding hydrogens is 386 g/mol. The van der Waals surface area contributed by atoms with Crippen molar-refractivity contribution in [2.75, 3.05) is 7.05 Å². The van der Waals surface area contributed by atoms with Gasteiger partial charge in [-0.05, 0) is 30.9 Å². The standard InChI is InChI=1S/C20H19N7O3/c1-21-19(28)17(14-4-2-3-5-22-14)24-20(29)16-13-9-11-8-12(11)18(13)27(25-16)15-10-26(30)7-6-23-15/h2-7,10-12,17H,8-9H2,1H3,(H,21,28)(H,24,29)/t11-,12-,17?/m1/s1. The predicted octanol–water partition coefficient (Wildman–Crippen LogP) is 0.172. The average molecular weight is 405 g/mol. The molecule has 3 aromatic heterocycles. The Bertz CT molecular complexity index is 1140. The number of carbonyl (C=O) groups excluding carboxylic acids is 2. The molecule has 2 N–H and O–H groups in total. The zero-order chi connectivity index (χ0) is 20.8. The molecule has 2 aliphatic rings. The Hall–Kier alpha value is -3.82. The van der Waals surface area contributed by atoms with E-state index in [4.69, 9.17) is 0 Å². The third kappa shape index (κ3) is 2.97. The lowest BCUT2D eigenvalue weighted by Crippen LogP contribution is -2.40. The second-order valence-corrected chi connectivity index (χ2v) is 7.48. The van der Waals surface area contributed by atoms with E-state index in [9.17, 15) is 14.8 Å². The molecule has 2 aliphatic carbocycles. The lowest BCUT2D eigenvalue weighted by atomic mass is 10.1. The summed E-state index contributed by atoms with van der Waals surface area (Å²) in [6.07, 6.45) is 7.38. The Kier molecular flexibility index (Phi) is 4.19. The first-order chi connectivity index (χ1) is 14.6. The van der Waals surface area contributed by atoms with E-state index in [1.807, 2.05) is 0 Å². The Morgan fingerprint density at radius 3 is 2.90 bits per heavy atom. The number of likely N-dealkylation sites (N-methyl/N-ethyl adjacent to an activating group) is 1. The van der Waals surface area contributed by atoms with Crippen LogP contribution in [-0.4, -0.2) is 38.6 Å². The first kappa shape index (κ1) is 18.2. The molecule has 1 saturated carbocycles. The van der Waals surface area contributed by atoms with Crippen molar-refractivity contribution in [1.82, 2.24) is 30.4 Å². The van der Waals surface area contributed by atoms with Gasteiger partial charge < -0.3 is 15.8 Å². The van der Waals surface area contributed by atoms with Crippen LogP contribution in [0.25, 0.3) is 5.82 Å². The van der Waals surface area contributed by atoms with Gasteiger partial charge in [-0.2, -0.15) is 9.83 Å². The molecule has 1 unspecified atom stereocenters. The summed E-state index contributed by atoms with van der Waals surface area (Å²) in [6, 6.07) is 4.23. The molecular formula is C20H19N7O3. The highest BCUT2D eigenvalue weighted by Crippen LogP contribution is 2.57. The molecule has 10 nitrogen and oxygen atoms in total. The fourth-order valence-electron chi connectivity index (χ4n) is 4.11. The summed E-state index contributed by atoms with van der Waals surface area (Å²) in [6.45, 7) is 0. The van der Waals surface area contributed by atoms with Crippen LogP contribution in [0, 0.1) is 11.1 Å². The van der Waals surface area contributed by atoms with Gasteiger partial charge in [0.2, 0.25) is 17.9 Å². The first-order valence-electron chi connectivity index (χ1n) is 9.67. The Morgan fingerprint density at radius 2 is 2.17 bits per heavy atom. The zero-order valence-corrected chi connectivity index (χ0v) is 16.1. The summed E-state index contributed by atoms with van der Waals surface area (Å²) in [7, 11) is 1.50. The van der Waals surface area contributed by atoms with Gasteiger partial charge in [-0.1, -0.05) is 6.07 Å². The first-order valence-corrected chi connectivity index (χ1v) is 9.67. The zero-order valence-electron chi connectivity index (χ0n) is 16.1. The molecule has 0 aliphatic heterocycles. The van der Waals surface area contributed by atoms with Crippen LogP contribution in [0.1, 0.15) is 45.8 Å². The molecule has 0 spiro atoms. The largest absolute Gasteiger partial charge is 0.619 e. The van der Waals surface area contributed by atoms with Crippen LogP contribution in [0.4, 0.5) is 0 Å². The number of pyridine rings is 1. The predicted molar refractivity (Wildman–Crippen MR) is 103 cm³/mol. The van der Waals surface area contributed by atoms with Crippen LogP contribution in [0.3, 0.4) is 0 Å². The molecule has 10 heteroatoms. The summed E-state index contributed by atoms with van der Waals surface area (Å²) < 4.78 is 2.24. The van der Waals surface area contributed by atoms with Crippen molar-refractivity contribution < 1.29 is 14.3 Å². The van der Waals surface area contributed by atoms with E-state index in [2.05, 4.69) is 25.7 Å². The normalized spacial score (nSPS) is 19.5. The molecule has 0 radical (unpaired) electrons. The lowest BCUT2D eigenvalue weighted by molar-refractivity contribution is -0.605. The quantitative estimate of drug-likeness (QED) is 0.460. The van der Waals surface area contributed by atoms with Gasteiger partial charge in [0.15, 0.2) is 17.9 Å². The van der Waals surface area contributed by atoms with Crippen LogP contribution < -0.4 is 15.4 Å². The highest BCUT2D eigenvalue weighted by molar-refractivity contribution is 5.98. The van der Waals surface area contributed by atoms with Gasteiger partial charge in [0.1, 0.15) is 0 Å². The number of hydrogen-bond acceptors (Lipinski definition) is 6. The number of hydrogen-bond donors (Lipinski definition) is 2. The summed E-state index contributed by atoms with van der Waals surface area (Å²) >= 11 is 0. The van der Waals surface area contributed by atoms with Gasteiger partial charge in [-0.3, -0.25) is 14.6 Å². The van der Waals surface area contributed by atoms with Gasteiger partial charge in [0, 0.05) is 24.7 Å². The number of aromatic nitrogens is 5. The van der Waals surface area contributed by atoms with E-state index in [-0.39, 0.29) is 11.6 Å². The van der Waals surface area contributed by atoms with Crippen LogP contribution in [0.15, 0.2) is 43.0 Å². The molecule has 3 atom stereocenters. The van der Waals surface area contributed by atoms with Gasteiger partial charge in [0.25, 0.3) is 5.91 Å². The molecule has 2 amide bonds. The minimum atomic E-state index is -0.945. The number of nitrogens with zero attached hydrogens (tertiary/aromatic N) is 5. The minimum absolute atomic E-state index is 0.255. The van der Waals surface area contributed by atoms with Gasteiger partial charge >= 0.3 is 0 Å². The monoisotopic (exact) mass is 405 g/mol. The topological polar surface area (TPSA) is 129 Å². The third-order valence-corrected chi connectivity index (χ3v) is 5.63. The van der Waals surface area contributed by atoms with Crippen molar-refractivity contribution in [3.8, 4) is 5.82 Å². The SMILES string of the molecule is CNC(=O)C(NC(=O)c1nn(-c2c[n+]([O-])ccn2)c2c1C[C@H]1C[C@@H]21)c1ccccn1. The van der Waals surface area contributed by atoms with E-state index < -0.39 is 11.9 Å². The maximum Gasteiger partial charge on any atom is 0.273 e. The molecule has 30 heavy (non-hydrogen) atoms. The number of nitrogens with one attached hydrogen (secondary N) is 2. The highest BCUT2D eigenvalue weighted by atomic mass is 16.5. The van der Waals surface area contributed by atoms with Gasteiger partial charge in [0.05, 0.1) is 17.6 Å². The Labute approximate surface area is 171 Å². The summed E-state index contributed by atoms with van der Waals surface area (Å²) in [5.41, 5.74) is 2.47. The minimum Gasteiger partial charge on any atom is -0.619 e. The molecule has 3 heterocycles. The van der Waals surface area contributed by atoms with Crippen LogP contribution in [-0.2, 0) is 11.2 Å². The van der Waals surface area contributed by atoms with Crippen molar-refractivity contribution in [1.29, 1.82) is 0 Å². The molecule has 0 aromatic carbocycles. The van der Waals surface area contributed by atoms with Gasteiger partial charge in [-0.25, -0.2) is 9.67 Å². The Morgan fingerprint density at radius 1 is 1.30 bits per heavy atom. The maximum atomic E-state index is 13.2. The van der Waals surface area contributed by atoms with Crippen molar-refractivity contribution in [3.05, 3.63) is 70.8 Å². The third-order valence-electron chi connectivity index (χ3n) is 5.63. The number of fused-ring (bicyclic) bond motifs is 3. The summed E-state index contributed by atoms with van der Waals surface area (Å²) in [5.74, 6) is 0.337. The molecule has 3 aromatic rings. The second-order valence-electron chi connectivity index (χ2n) is 7.48. The van der Waals surface area contributed by atoms with E-state index in [1.54, 1.807) is 29.1 Å². The lowest BCUT2D eigenvalue weighted by Gasteiger charge is -2.16. The average Bonchev–Trinajstić information content (AvgIpc) is 3.26. The molecule has 0 saturated heterocycles. The van der Waals surface area contributed by atoms with E-state index in [0.717, 1.165) is 24.1 Å². The molecule has 5 rings (SSSR count). The van der Waals surface area contributed by atoms with E-state index in [0.29, 0.717) is 28.1 Å². The van der Waals surface area contributed by atoms with Crippen molar-refractivity contribution in [2.45, 2.75) is 24.8 Å². The van der Waals surface area contributed by atoms with Crippen molar-refractivity contribution in [2.24, 2.45) is 5.92 Å². The molecule has 0 bridgehead atoms. The fourth-order valence-corrected chi connectivity index (χ4v) is 4.11. The van der Waals surface area contributed by atoms with Gasteiger partial charge in [-0.15, -0.1) is 0 Å². The van der Waals surface area contributed by atoms with Crippen LogP contribution in [0.2, 0.25) is 0 Å². The molecule has 152 valence electrons. The smallest absolute Gasteiger partial charge is 0.273 e. The van der Waals surface area contributed by atoms with E-state index >= 15 is 0 Å².